The number of aliphatic hydroxyl groups is 1. The summed E-state index contributed by atoms with van der Waals surface area (Å²) in [5, 5.41) is 29.2. The molecule has 3 N–H and O–H groups in total. The number of aryl methyl sites for hydroxylation is 1. The molecular formula is C39H48FN7O6. The van der Waals surface area contributed by atoms with Crippen molar-refractivity contribution in [3.63, 3.8) is 0 Å². The van der Waals surface area contributed by atoms with Crippen molar-refractivity contribution in [2.45, 2.75) is 77.7 Å². The maximum atomic E-state index is 15.8. The molecule has 1 fully saturated rings. The van der Waals surface area contributed by atoms with Crippen LogP contribution in [0.5, 0.6) is 0 Å². The zero-order valence-corrected chi connectivity index (χ0v) is 30.9. The quantitative estimate of drug-likeness (QED) is 0.146. The van der Waals surface area contributed by atoms with Crippen molar-refractivity contribution in [2.75, 3.05) is 26.7 Å². The minimum absolute atomic E-state index is 0.0936. The molecule has 0 saturated carbocycles. The molecule has 0 radical (unpaired) electrons. The molecule has 2 atom stereocenters. The number of ether oxygens (including phenoxy) is 2. The SMILES string of the molecule is COC(=O)NCCCC(O)(c1cccc(F)c1-c1cccc(C)c1)[C@@H]1CCCN(C(=O)c2ccc(CN(Cc3nnn[nH]3)C(=O)OC(C)(C)C)cc2)C1. The van der Waals surface area contributed by atoms with Crippen LogP contribution in [0, 0.1) is 18.7 Å². The highest BCUT2D eigenvalue weighted by molar-refractivity contribution is 5.94. The summed E-state index contributed by atoms with van der Waals surface area (Å²) in [5.41, 5.74) is 1.34. The molecule has 13 nitrogen and oxygen atoms in total. The van der Waals surface area contributed by atoms with Crippen molar-refractivity contribution in [1.29, 1.82) is 0 Å². The van der Waals surface area contributed by atoms with E-state index in [2.05, 4.69) is 25.9 Å². The standard InChI is InChI=1S/C39H48FN7O6/c1-26-10-6-11-29(22-26)34-31(13-7-14-32(34)40)39(51,19-9-20-41-36(49)52-5)30-12-8-21-46(24-30)35(48)28-17-15-27(16-18-28)23-47(25-33-42-44-45-43-33)37(50)53-38(2,3)4/h6-7,10-11,13-18,22,30,51H,8-9,12,19-21,23-25H2,1-5H3,(H,41,49)(H,42,43,44,45)/t30-,39?/m1/s1. The molecule has 2 heterocycles. The summed E-state index contributed by atoms with van der Waals surface area (Å²) in [6, 6.07) is 19.3. The molecule has 4 aromatic rings. The molecule has 14 heteroatoms. The summed E-state index contributed by atoms with van der Waals surface area (Å²) in [7, 11) is 1.28. The summed E-state index contributed by atoms with van der Waals surface area (Å²) in [6.07, 6.45) is 0.714. The summed E-state index contributed by atoms with van der Waals surface area (Å²) >= 11 is 0. The van der Waals surface area contributed by atoms with E-state index in [1.165, 1.54) is 18.1 Å². The average Bonchev–Trinajstić information content (AvgIpc) is 3.65. The third-order valence-electron chi connectivity index (χ3n) is 9.32. The molecule has 0 spiro atoms. The van der Waals surface area contributed by atoms with Crippen LogP contribution >= 0.6 is 0 Å². The van der Waals surface area contributed by atoms with Gasteiger partial charge in [-0.3, -0.25) is 9.69 Å². The number of tetrazole rings is 1. The van der Waals surface area contributed by atoms with Crippen LogP contribution in [0.2, 0.25) is 0 Å². The number of aromatic amines is 1. The summed E-state index contributed by atoms with van der Waals surface area (Å²) in [4.78, 5) is 42.0. The number of likely N-dealkylation sites (tertiary alicyclic amines) is 1. The van der Waals surface area contributed by atoms with Crippen molar-refractivity contribution in [3.05, 3.63) is 101 Å². The number of hydrogen-bond donors (Lipinski definition) is 3. The zero-order chi connectivity index (χ0) is 38.2. The molecule has 53 heavy (non-hydrogen) atoms. The molecule has 282 valence electrons. The highest BCUT2D eigenvalue weighted by Gasteiger charge is 2.43. The number of carbonyl (C=O) groups excluding carboxylic acids is 3. The number of nitrogens with zero attached hydrogens (tertiary/aromatic N) is 5. The molecule has 1 saturated heterocycles. The van der Waals surface area contributed by atoms with E-state index in [4.69, 9.17) is 9.47 Å². The largest absolute Gasteiger partial charge is 0.453 e. The van der Waals surface area contributed by atoms with Gasteiger partial charge >= 0.3 is 12.2 Å². The Balaban J connectivity index is 1.37. The Morgan fingerprint density at radius 2 is 1.83 bits per heavy atom. The Hall–Kier alpha value is -5.37. The van der Waals surface area contributed by atoms with Crippen LogP contribution < -0.4 is 5.32 Å². The number of carbonyl (C=O) groups is 3. The second kappa shape index (κ2) is 17.0. The number of amides is 3. The molecule has 1 aliphatic heterocycles. The number of piperidine rings is 1. The van der Waals surface area contributed by atoms with Gasteiger partial charge in [0.2, 0.25) is 0 Å². The predicted molar refractivity (Wildman–Crippen MR) is 195 cm³/mol. The van der Waals surface area contributed by atoms with Crippen LogP contribution in [0.1, 0.15) is 79.3 Å². The third-order valence-corrected chi connectivity index (χ3v) is 9.32. The van der Waals surface area contributed by atoms with Gasteiger partial charge in [-0.1, -0.05) is 54.1 Å². The first-order valence-corrected chi connectivity index (χ1v) is 17.8. The van der Waals surface area contributed by atoms with Gasteiger partial charge in [-0.25, -0.2) is 19.1 Å². The van der Waals surface area contributed by atoms with Gasteiger partial charge in [-0.15, -0.1) is 5.10 Å². The highest BCUT2D eigenvalue weighted by Crippen LogP contribution is 2.44. The normalized spacial score (nSPS) is 15.7. The number of benzene rings is 3. The van der Waals surface area contributed by atoms with Crippen LogP contribution in [-0.2, 0) is 28.2 Å². The number of nitrogens with one attached hydrogen (secondary N) is 2. The lowest BCUT2D eigenvalue weighted by Crippen LogP contribution is -2.48. The van der Waals surface area contributed by atoms with E-state index in [1.54, 1.807) is 62.1 Å². The second-order valence-corrected chi connectivity index (χ2v) is 14.4. The molecule has 1 aliphatic rings. The van der Waals surface area contributed by atoms with Crippen LogP contribution in [0.3, 0.4) is 0 Å². The fourth-order valence-electron chi connectivity index (χ4n) is 6.80. The Bertz CT molecular complexity index is 1860. The maximum Gasteiger partial charge on any atom is 0.411 e. The number of rotatable bonds is 12. The van der Waals surface area contributed by atoms with Crippen molar-refractivity contribution in [3.8, 4) is 11.1 Å². The van der Waals surface area contributed by atoms with Crippen molar-refractivity contribution < 1.29 is 33.4 Å². The first-order chi connectivity index (χ1) is 25.3. The Morgan fingerprint density at radius 1 is 1.08 bits per heavy atom. The van der Waals surface area contributed by atoms with Crippen LogP contribution in [0.4, 0.5) is 14.0 Å². The minimum Gasteiger partial charge on any atom is -0.453 e. The van der Waals surface area contributed by atoms with Gasteiger partial charge in [0.25, 0.3) is 5.91 Å². The molecule has 1 unspecified atom stereocenters. The fraction of sp³-hybridized carbons (Fsp3) is 0.436. The average molecular weight is 730 g/mol. The van der Waals surface area contributed by atoms with E-state index >= 15 is 4.39 Å². The maximum absolute atomic E-state index is 15.8. The van der Waals surface area contributed by atoms with E-state index in [0.29, 0.717) is 53.9 Å². The lowest BCUT2D eigenvalue weighted by atomic mass is 9.72. The van der Waals surface area contributed by atoms with Crippen molar-refractivity contribution in [2.24, 2.45) is 5.92 Å². The first-order valence-electron chi connectivity index (χ1n) is 17.8. The van der Waals surface area contributed by atoms with E-state index < -0.39 is 35.1 Å². The Morgan fingerprint density at radius 3 is 2.51 bits per heavy atom. The van der Waals surface area contributed by atoms with Gasteiger partial charge < -0.3 is 24.8 Å². The minimum atomic E-state index is -1.54. The topological polar surface area (TPSA) is 163 Å². The predicted octanol–water partition coefficient (Wildman–Crippen LogP) is 6.13. The number of hydrogen-bond acceptors (Lipinski definition) is 9. The number of methoxy groups -OCH3 is 1. The molecule has 5 rings (SSSR count). The third kappa shape index (κ3) is 9.95. The monoisotopic (exact) mass is 729 g/mol. The summed E-state index contributed by atoms with van der Waals surface area (Å²) < 4.78 is 26.1. The number of alkyl carbamates (subject to hydrolysis) is 1. The van der Waals surface area contributed by atoms with Gasteiger partial charge in [-0.2, -0.15) is 0 Å². The van der Waals surface area contributed by atoms with Crippen molar-refractivity contribution in [1.82, 2.24) is 35.7 Å². The van der Waals surface area contributed by atoms with Gasteiger partial charge in [0, 0.05) is 43.2 Å². The Labute approximate surface area is 308 Å². The van der Waals surface area contributed by atoms with E-state index in [1.807, 2.05) is 31.2 Å². The lowest BCUT2D eigenvalue weighted by molar-refractivity contribution is -0.0564. The van der Waals surface area contributed by atoms with Gasteiger partial charge in [0.15, 0.2) is 5.82 Å². The van der Waals surface area contributed by atoms with E-state index in [0.717, 1.165) is 11.1 Å². The zero-order valence-electron chi connectivity index (χ0n) is 30.9. The van der Waals surface area contributed by atoms with Crippen LogP contribution in [-0.4, -0.2) is 86.0 Å². The second-order valence-electron chi connectivity index (χ2n) is 14.4. The summed E-state index contributed by atoms with van der Waals surface area (Å²) in [6.45, 7) is 8.54. The van der Waals surface area contributed by atoms with Gasteiger partial charge in [0.05, 0.1) is 19.3 Å². The number of halogens is 1. The molecule has 3 amide bonds. The molecule has 1 aromatic heterocycles. The van der Waals surface area contributed by atoms with Crippen LogP contribution in [0.15, 0.2) is 66.7 Å². The molecular weight excluding hydrogens is 681 g/mol. The van der Waals surface area contributed by atoms with E-state index in [9.17, 15) is 19.5 Å². The van der Waals surface area contributed by atoms with Crippen molar-refractivity contribution >= 4 is 18.1 Å². The fourth-order valence-corrected chi connectivity index (χ4v) is 6.80. The molecule has 3 aromatic carbocycles. The molecule has 0 aliphatic carbocycles. The smallest absolute Gasteiger partial charge is 0.411 e. The highest BCUT2D eigenvalue weighted by atomic mass is 19.1. The van der Waals surface area contributed by atoms with Gasteiger partial charge in [-0.05, 0) is 98.7 Å². The first kappa shape index (κ1) is 38.9. The lowest BCUT2D eigenvalue weighted by Gasteiger charge is -2.43. The number of aromatic nitrogens is 4. The van der Waals surface area contributed by atoms with Crippen LogP contribution in [0.25, 0.3) is 11.1 Å². The van der Waals surface area contributed by atoms with Gasteiger partial charge in [0.1, 0.15) is 11.4 Å². The number of H-pyrrole nitrogens is 1. The van der Waals surface area contributed by atoms with E-state index in [-0.39, 0.29) is 38.5 Å². The molecule has 0 bridgehead atoms. The summed E-state index contributed by atoms with van der Waals surface area (Å²) in [5.74, 6) is -0.696. The Kier molecular flexibility index (Phi) is 12.4.